The topological polar surface area (TPSA) is 9.23 Å². The van der Waals surface area contributed by atoms with Crippen molar-refractivity contribution in [3.05, 3.63) is 23.0 Å². The highest BCUT2D eigenvalue weighted by Crippen LogP contribution is 2.32. The molecule has 1 saturated heterocycles. The minimum absolute atomic E-state index is 0.901. The predicted molar refractivity (Wildman–Crippen MR) is 51.9 cm³/mol. The van der Waals surface area contributed by atoms with Crippen molar-refractivity contribution >= 4 is 0 Å². The Morgan fingerprint density at radius 1 is 1.25 bits per heavy atom. The molecule has 0 radical (unpaired) electrons. The zero-order chi connectivity index (χ0) is 8.97. The van der Waals surface area contributed by atoms with E-state index in [1.54, 1.807) is 0 Å². The molecule has 0 unspecified atom stereocenters. The van der Waals surface area contributed by atoms with Gasteiger partial charge in [0.25, 0.3) is 0 Å². The van der Waals surface area contributed by atoms with Crippen molar-refractivity contribution in [2.24, 2.45) is 0 Å². The van der Waals surface area contributed by atoms with Crippen molar-refractivity contribution in [3.63, 3.8) is 0 Å². The summed E-state index contributed by atoms with van der Waals surface area (Å²) < 4.78 is 5.48. The molecule has 0 atom stereocenters. The maximum absolute atomic E-state index is 5.48. The van der Waals surface area contributed by atoms with Gasteiger partial charge in [0.15, 0.2) is 0 Å². The second-order valence-corrected chi connectivity index (χ2v) is 2.98. The van der Waals surface area contributed by atoms with Crippen molar-refractivity contribution in [3.8, 4) is 0 Å². The van der Waals surface area contributed by atoms with Crippen LogP contribution in [0.5, 0.6) is 0 Å². The summed E-state index contributed by atoms with van der Waals surface area (Å²) in [5.41, 5.74) is 2.89. The highest BCUT2D eigenvalue weighted by molar-refractivity contribution is 5.35. The third-order valence-corrected chi connectivity index (χ3v) is 2.21. The lowest BCUT2D eigenvalue weighted by Crippen LogP contribution is -1.93. The van der Waals surface area contributed by atoms with E-state index in [4.69, 9.17) is 4.74 Å². The summed E-state index contributed by atoms with van der Waals surface area (Å²) >= 11 is 0. The van der Waals surface area contributed by atoms with Gasteiger partial charge in [-0.1, -0.05) is 19.9 Å². The van der Waals surface area contributed by atoms with Crippen LogP contribution in [0.1, 0.15) is 40.0 Å². The van der Waals surface area contributed by atoms with Gasteiger partial charge in [0, 0.05) is 6.42 Å². The molecule has 1 fully saturated rings. The van der Waals surface area contributed by atoms with Crippen LogP contribution in [-0.2, 0) is 4.74 Å². The average Bonchev–Trinajstić information content (AvgIpc) is 2.57. The summed E-state index contributed by atoms with van der Waals surface area (Å²) in [4.78, 5) is 0. The van der Waals surface area contributed by atoms with Gasteiger partial charge < -0.3 is 4.74 Å². The van der Waals surface area contributed by atoms with Gasteiger partial charge in [-0.3, -0.25) is 0 Å². The lowest BCUT2D eigenvalue weighted by Gasteiger charge is -2.10. The largest absolute Gasteiger partial charge is 0.493 e. The molecule has 12 heavy (non-hydrogen) atoms. The molecule has 2 aliphatic rings. The highest BCUT2D eigenvalue weighted by Gasteiger charge is 2.19. The summed E-state index contributed by atoms with van der Waals surface area (Å²) in [6.07, 6.45) is 5.86. The zero-order valence-electron chi connectivity index (χ0n) is 8.31. The summed E-state index contributed by atoms with van der Waals surface area (Å²) in [7, 11) is 0. The molecule has 0 aromatic carbocycles. The normalized spacial score (nSPS) is 20.4. The molecule has 1 aliphatic heterocycles. The second-order valence-electron chi connectivity index (χ2n) is 2.98. The first-order chi connectivity index (χ1) is 5.88. The van der Waals surface area contributed by atoms with E-state index in [1.807, 2.05) is 13.8 Å². The fourth-order valence-electron chi connectivity index (χ4n) is 1.64. The number of ether oxygens (including phenoxy) is 1. The lowest BCUT2D eigenvalue weighted by atomic mass is 9.98. The Kier molecular flexibility index (Phi) is 3.39. The van der Waals surface area contributed by atoms with E-state index in [1.165, 1.54) is 29.7 Å². The fourth-order valence-corrected chi connectivity index (χ4v) is 1.64. The van der Waals surface area contributed by atoms with Gasteiger partial charge in [-0.25, -0.2) is 0 Å². The predicted octanol–water partition coefficient (Wildman–Crippen LogP) is 3.43. The van der Waals surface area contributed by atoms with E-state index in [-0.39, 0.29) is 0 Å². The smallest absolute Gasteiger partial charge is 0.121 e. The van der Waals surface area contributed by atoms with Crippen LogP contribution in [0.4, 0.5) is 0 Å². The standard InChI is InChI=1S/C9H12O.C2H6/c1-7-3-2-4-8-5-6-10-9(7)8;1-2/h4H,2-3,5-6H2,1H3;1-2H3. The molecular weight excluding hydrogens is 148 g/mol. The minimum atomic E-state index is 0.901. The van der Waals surface area contributed by atoms with E-state index in [2.05, 4.69) is 13.0 Å². The van der Waals surface area contributed by atoms with E-state index in [9.17, 15) is 0 Å². The minimum Gasteiger partial charge on any atom is -0.493 e. The molecule has 0 aromatic heterocycles. The van der Waals surface area contributed by atoms with Crippen molar-refractivity contribution in [2.45, 2.75) is 40.0 Å². The number of rotatable bonds is 0. The van der Waals surface area contributed by atoms with Gasteiger partial charge in [0.05, 0.1) is 6.61 Å². The van der Waals surface area contributed by atoms with Crippen LogP contribution in [0.25, 0.3) is 0 Å². The Morgan fingerprint density at radius 3 is 2.67 bits per heavy atom. The Bertz CT molecular complexity index is 206. The summed E-state index contributed by atoms with van der Waals surface area (Å²) in [6.45, 7) is 7.08. The number of hydrogen-bond donors (Lipinski definition) is 0. The molecule has 0 aromatic rings. The van der Waals surface area contributed by atoms with E-state index in [0.29, 0.717) is 0 Å². The van der Waals surface area contributed by atoms with Gasteiger partial charge in [0.1, 0.15) is 5.76 Å². The SMILES string of the molecule is CC.CC1=C2OCCC2=CCC1. The molecule has 0 bridgehead atoms. The fraction of sp³-hybridized carbons (Fsp3) is 0.636. The molecule has 0 spiro atoms. The molecule has 0 saturated carbocycles. The van der Waals surface area contributed by atoms with Crippen LogP contribution in [0.15, 0.2) is 23.0 Å². The summed E-state index contributed by atoms with van der Waals surface area (Å²) in [6, 6.07) is 0. The highest BCUT2D eigenvalue weighted by atomic mass is 16.5. The molecule has 1 heterocycles. The van der Waals surface area contributed by atoms with Gasteiger partial charge in [-0.05, 0) is 30.9 Å². The van der Waals surface area contributed by atoms with Crippen LogP contribution < -0.4 is 0 Å². The maximum atomic E-state index is 5.48. The molecule has 2 rings (SSSR count). The van der Waals surface area contributed by atoms with Crippen LogP contribution >= 0.6 is 0 Å². The van der Waals surface area contributed by atoms with Gasteiger partial charge in [0.2, 0.25) is 0 Å². The van der Waals surface area contributed by atoms with Crippen LogP contribution in [0, 0.1) is 0 Å². The first-order valence-corrected chi connectivity index (χ1v) is 4.90. The van der Waals surface area contributed by atoms with Crippen LogP contribution in [0.2, 0.25) is 0 Å². The molecule has 1 aliphatic carbocycles. The Morgan fingerprint density at radius 2 is 2.00 bits per heavy atom. The quantitative estimate of drug-likeness (QED) is 0.535. The van der Waals surface area contributed by atoms with Crippen molar-refractivity contribution in [2.75, 3.05) is 6.61 Å². The van der Waals surface area contributed by atoms with E-state index < -0.39 is 0 Å². The summed E-state index contributed by atoms with van der Waals surface area (Å²) in [5, 5.41) is 0. The molecule has 0 N–H and O–H groups in total. The number of hydrogen-bond acceptors (Lipinski definition) is 1. The lowest BCUT2D eigenvalue weighted by molar-refractivity contribution is 0.260. The zero-order valence-corrected chi connectivity index (χ0v) is 8.31. The second kappa shape index (κ2) is 4.34. The molecule has 1 heteroatoms. The molecule has 1 nitrogen and oxygen atoms in total. The third-order valence-electron chi connectivity index (χ3n) is 2.21. The van der Waals surface area contributed by atoms with Gasteiger partial charge in [-0.15, -0.1) is 0 Å². The van der Waals surface area contributed by atoms with Crippen LogP contribution in [0.3, 0.4) is 0 Å². The van der Waals surface area contributed by atoms with Crippen LogP contribution in [-0.4, -0.2) is 6.61 Å². The Hall–Kier alpha value is -0.720. The molecule has 68 valence electrons. The first kappa shape index (κ1) is 9.37. The van der Waals surface area contributed by atoms with Crippen molar-refractivity contribution < 1.29 is 4.74 Å². The van der Waals surface area contributed by atoms with E-state index in [0.717, 1.165) is 13.0 Å². The average molecular weight is 166 g/mol. The van der Waals surface area contributed by atoms with Gasteiger partial charge >= 0.3 is 0 Å². The maximum Gasteiger partial charge on any atom is 0.121 e. The Balaban J connectivity index is 0.000000336. The van der Waals surface area contributed by atoms with E-state index >= 15 is 0 Å². The molecule has 0 amide bonds. The molecular formula is C11H18O. The first-order valence-electron chi connectivity index (χ1n) is 4.90. The number of allylic oxidation sites excluding steroid dienone is 3. The third kappa shape index (κ3) is 1.71. The summed E-state index contributed by atoms with van der Waals surface area (Å²) in [5.74, 6) is 1.20. The number of fused-ring (bicyclic) bond motifs is 1. The van der Waals surface area contributed by atoms with Crippen molar-refractivity contribution in [1.82, 2.24) is 0 Å². The van der Waals surface area contributed by atoms with Crippen molar-refractivity contribution in [1.29, 1.82) is 0 Å². The monoisotopic (exact) mass is 166 g/mol. The Labute approximate surface area is 75.1 Å². The van der Waals surface area contributed by atoms with Gasteiger partial charge in [-0.2, -0.15) is 0 Å².